The minimum atomic E-state index is -4.70. The fraction of sp³-hybridized carbons (Fsp3) is 0.533. The first kappa shape index (κ1) is 16.6. The number of hydrogen-bond acceptors (Lipinski definition) is 3. The van der Waals surface area contributed by atoms with Crippen LogP contribution < -0.4 is 15.8 Å². The smallest absolute Gasteiger partial charge is 0.406 e. The highest BCUT2D eigenvalue weighted by atomic mass is 19.4. The van der Waals surface area contributed by atoms with E-state index in [1.165, 1.54) is 24.3 Å². The number of benzene rings is 1. The molecule has 1 aromatic carbocycles. The van der Waals surface area contributed by atoms with Gasteiger partial charge in [-0.1, -0.05) is 18.6 Å². The van der Waals surface area contributed by atoms with Crippen LogP contribution in [0.1, 0.15) is 31.2 Å². The minimum absolute atomic E-state index is 0.0852. The molecule has 3 N–H and O–H groups in total. The average Bonchev–Trinajstić information content (AvgIpc) is 2.82. The number of rotatable bonds is 5. The third-order valence-corrected chi connectivity index (χ3v) is 3.81. The molecule has 0 radical (unpaired) electrons. The Morgan fingerprint density at radius 1 is 1.27 bits per heavy atom. The molecule has 0 unspecified atom stereocenters. The molecule has 1 aliphatic rings. The van der Waals surface area contributed by atoms with Crippen molar-refractivity contribution in [3.63, 3.8) is 0 Å². The molecule has 0 aliphatic heterocycles. The standard InChI is InChI=1S/C15H19F3N2O2/c16-15(17,18)22-12-6-4-10(5-7-12)9-20-14(21)8-11-2-1-3-13(11)19/h4-7,11,13H,1-3,8-9,19H2,(H,20,21)/t11-,13+/m0/s1. The number of hydrogen-bond donors (Lipinski definition) is 2. The normalized spacial score (nSPS) is 21.6. The van der Waals surface area contributed by atoms with E-state index in [-0.39, 0.29) is 30.2 Å². The first-order valence-electron chi connectivity index (χ1n) is 7.20. The first-order chi connectivity index (χ1) is 10.3. The number of nitrogens with one attached hydrogen (secondary N) is 1. The molecule has 122 valence electrons. The Bertz CT molecular complexity index is 503. The lowest BCUT2D eigenvalue weighted by Crippen LogP contribution is -2.31. The number of ether oxygens (including phenoxy) is 1. The van der Waals surface area contributed by atoms with E-state index in [1.54, 1.807) is 0 Å². The zero-order valence-corrected chi connectivity index (χ0v) is 12.0. The van der Waals surface area contributed by atoms with E-state index >= 15 is 0 Å². The van der Waals surface area contributed by atoms with Gasteiger partial charge in [-0.15, -0.1) is 13.2 Å². The number of carbonyl (C=O) groups is 1. The molecule has 0 saturated heterocycles. The summed E-state index contributed by atoms with van der Waals surface area (Å²) in [6, 6.07) is 5.51. The van der Waals surface area contributed by atoms with E-state index < -0.39 is 6.36 Å². The first-order valence-corrected chi connectivity index (χ1v) is 7.20. The van der Waals surface area contributed by atoms with Crippen LogP contribution in [0.15, 0.2) is 24.3 Å². The molecular formula is C15H19F3N2O2. The van der Waals surface area contributed by atoms with Gasteiger partial charge in [-0.3, -0.25) is 4.79 Å². The maximum absolute atomic E-state index is 12.0. The number of alkyl halides is 3. The lowest BCUT2D eigenvalue weighted by atomic mass is 10.00. The largest absolute Gasteiger partial charge is 0.573 e. The lowest BCUT2D eigenvalue weighted by Gasteiger charge is -2.15. The van der Waals surface area contributed by atoms with Gasteiger partial charge in [0, 0.05) is 19.0 Å². The van der Waals surface area contributed by atoms with Crippen molar-refractivity contribution in [1.82, 2.24) is 5.32 Å². The number of amides is 1. The summed E-state index contributed by atoms with van der Waals surface area (Å²) in [5.41, 5.74) is 6.62. The van der Waals surface area contributed by atoms with Crippen LogP contribution in [0.2, 0.25) is 0 Å². The fourth-order valence-electron chi connectivity index (χ4n) is 2.64. The van der Waals surface area contributed by atoms with E-state index in [0.29, 0.717) is 12.0 Å². The summed E-state index contributed by atoms with van der Waals surface area (Å²) in [6.07, 6.45) is -1.32. The van der Waals surface area contributed by atoms with Crippen molar-refractivity contribution in [2.75, 3.05) is 0 Å². The van der Waals surface area contributed by atoms with E-state index in [0.717, 1.165) is 19.3 Å². The van der Waals surface area contributed by atoms with E-state index in [9.17, 15) is 18.0 Å². The summed E-state index contributed by atoms with van der Waals surface area (Å²) >= 11 is 0. The summed E-state index contributed by atoms with van der Waals surface area (Å²) in [7, 11) is 0. The van der Waals surface area contributed by atoms with Gasteiger partial charge in [0.2, 0.25) is 5.91 Å². The second-order valence-corrected chi connectivity index (χ2v) is 5.53. The molecular weight excluding hydrogens is 297 g/mol. The summed E-state index contributed by atoms with van der Waals surface area (Å²) in [5, 5.41) is 2.76. The van der Waals surface area contributed by atoms with Gasteiger partial charge in [0.1, 0.15) is 5.75 Å². The molecule has 1 fully saturated rings. The van der Waals surface area contributed by atoms with Crippen LogP contribution in [-0.4, -0.2) is 18.3 Å². The summed E-state index contributed by atoms with van der Waals surface area (Å²) in [5.74, 6) is -0.139. The molecule has 2 atom stereocenters. The molecule has 1 aliphatic carbocycles. The predicted octanol–water partition coefficient (Wildman–Crippen LogP) is 2.72. The number of nitrogens with two attached hydrogens (primary N) is 1. The van der Waals surface area contributed by atoms with Gasteiger partial charge in [-0.2, -0.15) is 0 Å². The Labute approximate surface area is 126 Å². The van der Waals surface area contributed by atoms with Crippen LogP contribution >= 0.6 is 0 Å². The van der Waals surface area contributed by atoms with Crippen LogP contribution in [0.5, 0.6) is 5.75 Å². The highest BCUT2D eigenvalue weighted by molar-refractivity contribution is 5.76. The SMILES string of the molecule is N[C@@H]1CCC[C@H]1CC(=O)NCc1ccc(OC(F)(F)F)cc1. The Morgan fingerprint density at radius 2 is 1.95 bits per heavy atom. The predicted molar refractivity (Wildman–Crippen MR) is 74.9 cm³/mol. The van der Waals surface area contributed by atoms with Gasteiger partial charge in [0.15, 0.2) is 0 Å². The minimum Gasteiger partial charge on any atom is -0.406 e. The molecule has 1 saturated carbocycles. The van der Waals surface area contributed by atoms with Crippen molar-refractivity contribution in [3.8, 4) is 5.75 Å². The maximum Gasteiger partial charge on any atom is 0.573 e. The average molecular weight is 316 g/mol. The zero-order chi connectivity index (χ0) is 16.2. The van der Waals surface area contributed by atoms with Crippen molar-refractivity contribution in [2.45, 2.75) is 44.6 Å². The third-order valence-electron chi connectivity index (χ3n) is 3.81. The van der Waals surface area contributed by atoms with Gasteiger partial charge < -0.3 is 15.8 Å². The van der Waals surface area contributed by atoms with Crippen molar-refractivity contribution in [3.05, 3.63) is 29.8 Å². The highest BCUT2D eigenvalue weighted by Crippen LogP contribution is 2.26. The molecule has 0 bridgehead atoms. The molecule has 0 aromatic heterocycles. The van der Waals surface area contributed by atoms with Crippen LogP contribution in [0.25, 0.3) is 0 Å². The van der Waals surface area contributed by atoms with Gasteiger partial charge >= 0.3 is 6.36 Å². The molecule has 7 heteroatoms. The second-order valence-electron chi connectivity index (χ2n) is 5.53. The molecule has 0 spiro atoms. The van der Waals surface area contributed by atoms with E-state index in [1.807, 2.05) is 0 Å². The van der Waals surface area contributed by atoms with Crippen molar-refractivity contribution < 1.29 is 22.7 Å². The fourth-order valence-corrected chi connectivity index (χ4v) is 2.64. The van der Waals surface area contributed by atoms with Crippen LogP contribution in [0.4, 0.5) is 13.2 Å². The Balaban J connectivity index is 1.77. The van der Waals surface area contributed by atoms with Crippen molar-refractivity contribution in [1.29, 1.82) is 0 Å². The van der Waals surface area contributed by atoms with Gasteiger partial charge in [0.05, 0.1) is 0 Å². The van der Waals surface area contributed by atoms with Crippen LogP contribution in [-0.2, 0) is 11.3 Å². The van der Waals surface area contributed by atoms with Crippen LogP contribution in [0, 0.1) is 5.92 Å². The lowest BCUT2D eigenvalue weighted by molar-refractivity contribution is -0.274. The summed E-state index contributed by atoms with van der Waals surface area (Å²) in [6.45, 7) is 0.271. The molecule has 0 heterocycles. The second kappa shape index (κ2) is 7.00. The third kappa shape index (κ3) is 5.22. The Morgan fingerprint density at radius 3 is 2.50 bits per heavy atom. The molecule has 22 heavy (non-hydrogen) atoms. The number of halogens is 3. The quantitative estimate of drug-likeness (QED) is 0.878. The highest BCUT2D eigenvalue weighted by Gasteiger charge is 2.31. The van der Waals surface area contributed by atoms with Crippen molar-refractivity contribution in [2.24, 2.45) is 11.7 Å². The summed E-state index contributed by atoms with van der Waals surface area (Å²) < 4.78 is 39.9. The molecule has 2 rings (SSSR count). The van der Waals surface area contributed by atoms with Crippen LogP contribution in [0.3, 0.4) is 0 Å². The molecule has 4 nitrogen and oxygen atoms in total. The topological polar surface area (TPSA) is 64.4 Å². The van der Waals surface area contributed by atoms with Gasteiger partial charge in [-0.05, 0) is 36.5 Å². The van der Waals surface area contributed by atoms with Gasteiger partial charge in [-0.25, -0.2) is 0 Å². The Kier molecular flexibility index (Phi) is 5.28. The molecule has 1 aromatic rings. The monoisotopic (exact) mass is 316 g/mol. The maximum atomic E-state index is 12.0. The molecule has 1 amide bonds. The van der Waals surface area contributed by atoms with Crippen molar-refractivity contribution >= 4 is 5.91 Å². The number of carbonyl (C=O) groups excluding carboxylic acids is 1. The van der Waals surface area contributed by atoms with E-state index in [4.69, 9.17) is 5.73 Å². The van der Waals surface area contributed by atoms with E-state index in [2.05, 4.69) is 10.1 Å². The summed E-state index contributed by atoms with van der Waals surface area (Å²) in [4.78, 5) is 11.8. The van der Waals surface area contributed by atoms with Gasteiger partial charge in [0.25, 0.3) is 0 Å². The zero-order valence-electron chi connectivity index (χ0n) is 12.0. The Hall–Kier alpha value is -1.76.